The highest BCUT2D eigenvalue weighted by Gasteiger charge is 2.53. The lowest BCUT2D eigenvalue weighted by molar-refractivity contribution is -0.351. The zero-order valence-corrected chi connectivity index (χ0v) is 13.5. The van der Waals surface area contributed by atoms with E-state index in [0.29, 0.717) is 17.8 Å². The van der Waals surface area contributed by atoms with Crippen LogP contribution in [0.2, 0.25) is 0 Å². The summed E-state index contributed by atoms with van der Waals surface area (Å²) in [4.78, 5) is 0. The van der Waals surface area contributed by atoms with Crippen LogP contribution < -0.4 is 0 Å². The SMILES string of the molecule is CC1=CC(C)CC(C2(C(C)(C)C)OCC(C)CO2)C1. The van der Waals surface area contributed by atoms with Gasteiger partial charge in [-0.2, -0.15) is 0 Å². The molecule has 1 fully saturated rings. The van der Waals surface area contributed by atoms with Gasteiger partial charge in [-0.1, -0.05) is 46.3 Å². The van der Waals surface area contributed by atoms with Crippen molar-refractivity contribution in [2.24, 2.45) is 23.2 Å². The van der Waals surface area contributed by atoms with Crippen molar-refractivity contribution >= 4 is 0 Å². The maximum atomic E-state index is 6.33. The average Bonchev–Trinajstić information content (AvgIpc) is 2.27. The quantitative estimate of drug-likeness (QED) is 0.655. The highest BCUT2D eigenvalue weighted by Crippen LogP contribution is 2.49. The van der Waals surface area contributed by atoms with Crippen LogP contribution in [0.3, 0.4) is 0 Å². The Morgan fingerprint density at radius 2 is 1.74 bits per heavy atom. The van der Waals surface area contributed by atoms with Crippen LogP contribution in [0.1, 0.15) is 54.4 Å². The van der Waals surface area contributed by atoms with Crippen molar-refractivity contribution < 1.29 is 9.47 Å². The van der Waals surface area contributed by atoms with Gasteiger partial charge >= 0.3 is 0 Å². The number of ether oxygens (including phenoxy) is 2. The molecule has 2 nitrogen and oxygen atoms in total. The minimum absolute atomic E-state index is 0.00907. The van der Waals surface area contributed by atoms with Crippen molar-refractivity contribution in [2.45, 2.75) is 60.2 Å². The maximum Gasteiger partial charge on any atom is 0.176 e. The monoisotopic (exact) mass is 266 g/mol. The van der Waals surface area contributed by atoms with Gasteiger partial charge in [0.1, 0.15) is 0 Å². The van der Waals surface area contributed by atoms with E-state index in [9.17, 15) is 0 Å². The van der Waals surface area contributed by atoms with Gasteiger partial charge in [0.25, 0.3) is 0 Å². The molecule has 19 heavy (non-hydrogen) atoms. The molecule has 0 N–H and O–H groups in total. The summed E-state index contributed by atoms with van der Waals surface area (Å²) in [5, 5.41) is 0. The van der Waals surface area contributed by atoms with Crippen molar-refractivity contribution in [2.75, 3.05) is 13.2 Å². The summed E-state index contributed by atoms with van der Waals surface area (Å²) < 4.78 is 12.7. The predicted octanol–water partition coefficient (Wildman–Crippen LogP) is 4.40. The van der Waals surface area contributed by atoms with E-state index in [-0.39, 0.29) is 5.41 Å². The minimum atomic E-state index is -0.413. The Hall–Kier alpha value is -0.340. The molecule has 2 atom stereocenters. The van der Waals surface area contributed by atoms with Gasteiger partial charge < -0.3 is 9.47 Å². The molecule has 0 radical (unpaired) electrons. The first-order valence-corrected chi connectivity index (χ1v) is 7.70. The Balaban J connectivity index is 2.27. The number of hydrogen-bond acceptors (Lipinski definition) is 2. The lowest BCUT2D eigenvalue weighted by Crippen LogP contribution is -2.58. The Morgan fingerprint density at radius 1 is 1.16 bits per heavy atom. The minimum Gasteiger partial charge on any atom is -0.349 e. The molecule has 1 aliphatic heterocycles. The number of rotatable bonds is 1. The van der Waals surface area contributed by atoms with E-state index in [2.05, 4.69) is 47.6 Å². The van der Waals surface area contributed by atoms with E-state index in [1.165, 1.54) is 12.0 Å². The molecule has 0 amide bonds. The third-order valence-electron chi connectivity index (χ3n) is 4.54. The molecule has 0 spiro atoms. The molecule has 2 heteroatoms. The summed E-state index contributed by atoms with van der Waals surface area (Å²) >= 11 is 0. The summed E-state index contributed by atoms with van der Waals surface area (Å²) in [5.74, 6) is 1.20. The molecule has 2 unspecified atom stereocenters. The molecule has 0 saturated carbocycles. The highest BCUT2D eigenvalue weighted by molar-refractivity contribution is 5.10. The fraction of sp³-hybridized carbons (Fsp3) is 0.882. The second-order valence-electron chi connectivity index (χ2n) is 7.77. The molecule has 1 aliphatic carbocycles. The van der Waals surface area contributed by atoms with E-state index in [1.54, 1.807) is 0 Å². The van der Waals surface area contributed by atoms with E-state index < -0.39 is 5.79 Å². The second-order valence-corrected chi connectivity index (χ2v) is 7.77. The van der Waals surface area contributed by atoms with E-state index in [4.69, 9.17) is 9.47 Å². The molecule has 2 rings (SSSR count). The summed E-state index contributed by atoms with van der Waals surface area (Å²) in [6, 6.07) is 0. The molecular formula is C17H30O2. The maximum absolute atomic E-state index is 6.33. The molecule has 1 heterocycles. The zero-order chi connectivity index (χ0) is 14.3. The Morgan fingerprint density at radius 3 is 2.21 bits per heavy atom. The molecule has 0 aromatic heterocycles. The van der Waals surface area contributed by atoms with Crippen LogP contribution in [0.5, 0.6) is 0 Å². The fourth-order valence-corrected chi connectivity index (χ4v) is 3.74. The standard InChI is InChI=1S/C17H30O2/c1-12-7-13(2)9-15(8-12)17(16(4,5)6)18-10-14(3)11-19-17/h7,12,14-15H,8-11H2,1-6H3. The molecule has 0 bridgehead atoms. The lowest BCUT2D eigenvalue weighted by atomic mass is 9.69. The smallest absolute Gasteiger partial charge is 0.176 e. The van der Waals surface area contributed by atoms with Crippen LogP contribution in [0, 0.1) is 23.2 Å². The molecule has 2 aliphatic rings. The first kappa shape index (κ1) is 15.1. The fourth-order valence-electron chi connectivity index (χ4n) is 3.74. The first-order valence-electron chi connectivity index (χ1n) is 7.70. The van der Waals surface area contributed by atoms with Gasteiger partial charge in [0, 0.05) is 17.3 Å². The van der Waals surface area contributed by atoms with Gasteiger partial charge in [-0.25, -0.2) is 0 Å². The van der Waals surface area contributed by atoms with Crippen LogP contribution in [0.25, 0.3) is 0 Å². The predicted molar refractivity (Wildman–Crippen MR) is 78.9 cm³/mol. The van der Waals surface area contributed by atoms with Gasteiger partial charge in [-0.05, 0) is 25.7 Å². The molecule has 110 valence electrons. The van der Waals surface area contributed by atoms with E-state index in [0.717, 1.165) is 19.6 Å². The summed E-state index contributed by atoms with van der Waals surface area (Å²) in [5.41, 5.74) is 1.49. The molecular weight excluding hydrogens is 236 g/mol. The zero-order valence-electron chi connectivity index (χ0n) is 13.5. The highest BCUT2D eigenvalue weighted by atomic mass is 16.7. The Labute approximate surface area is 118 Å². The van der Waals surface area contributed by atoms with Crippen molar-refractivity contribution in [3.05, 3.63) is 11.6 Å². The van der Waals surface area contributed by atoms with Gasteiger partial charge in [-0.15, -0.1) is 0 Å². The third kappa shape index (κ3) is 2.90. The van der Waals surface area contributed by atoms with E-state index >= 15 is 0 Å². The van der Waals surface area contributed by atoms with Crippen LogP contribution in [-0.2, 0) is 9.47 Å². The molecule has 1 saturated heterocycles. The van der Waals surface area contributed by atoms with Gasteiger partial charge in [0.2, 0.25) is 0 Å². The largest absolute Gasteiger partial charge is 0.349 e. The van der Waals surface area contributed by atoms with Crippen LogP contribution >= 0.6 is 0 Å². The van der Waals surface area contributed by atoms with Crippen molar-refractivity contribution in [1.82, 2.24) is 0 Å². The van der Waals surface area contributed by atoms with Crippen molar-refractivity contribution in [1.29, 1.82) is 0 Å². The van der Waals surface area contributed by atoms with Gasteiger partial charge in [0.05, 0.1) is 13.2 Å². The van der Waals surface area contributed by atoms with Crippen molar-refractivity contribution in [3.63, 3.8) is 0 Å². The number of hydrogen-bond donors (Lipinski definition) is 0. The number of allylic oxidation sites excluding steroid dienone is 2. The van der Waals surface area contributed by atoms with Gasteiger partial charge in [-0.3, -0.25) is 0 Å². The van der Waals surface area contributed by atoms with Crippen molar-refractivity contribution in [3.8, 4) is 0 Å². The topological polar surface area (TPSA) is 18.5 Å². The Kier molecular flexibility index (Phi) is 4.13. The van der Waals surface area contributed by atoms with Gasteiger partial charge in [0.15, 0.2) is 5.79 Å². The summed E-state index contributed by atoms with van der Waals surface area (Å²) in [6.45, 7) is 15.1. The lowest BCUT2D eigenvalue weighted by Gasteiger charge is -2.53. The molecule has 0 aromatic rings. The Bertz CT molecular complexity index is 343. The second kappa shape index (κ2) is 5.21. The third-order valence-corrected chi connectivity index (χ3v) is 4.54. The first-order chi connectivity index (χ1) is 8.74. The van der Waals surface area contributed by atoms with Crippen LogP contribution in [-0.4, -0.2) is 19.0 Å². The summed E-state index contributed by atoms with van der Waals surface area (Å²) in [7, 11) is 0. The van der Waals surface area contributed by atoms with Crippen LogP contribution in [0.4, 0.5) is 0 Å². The summed E-state index contributed by atoms with van der Waals surface area (Å²) in [6.07, 6.45) is 4.68. The van der Waals surface area contributed by atoms with E-state index in [1.807, 2.05) is 0 Å². The normalized spacial score (nSPS) is 40.9. The molecule has 0 aromatic carbocycles. The van der Waals surface area contributed by atoms with Crippen LogP contribution in [0.15, 0.2) is 11.6 Å². The average molecular weight is 266 g/mol.